The van der Waals surface area contributed by atoms with E-state index in [0.29, 0.717) is 11.3 Å². The van der Waals surface area contributed by atoms with Crippen molar-refractivity contribution in [3.05, 3.63) is 101 Å². The molecule has 0 bridgehead atoms. The van der Waals surface area contributed by atoms with E-state index in [1.807, 2.05) is 12.1 Å². The number of hydrogen-bond donors (Lipinski definition) is 0. The molecule has 0 heterocycles. The van der Waals surface area contributed by atoms with Crippen LogP contribution in [-0.4, -0.2) is 5.97 Å². The predicted octanol–water partition coefficient (Wildman–Crippen LogP) is 6.18. The molecule has 3 heteroatoms. The summed E-state index contributed by atoms with van der Waals surface area (Å²) in [4.78, 5) is 12.2. The van der Waals surface area contributed by atoms with Crippen molar-refractivity contribution in [1.82, 2.24) is 0 Å². The fourth-order valence-corrected chi connectivity index (χ4v) is 2.84. The summed E-state index contributed by atoms with van der Waals surface area (Å²) in [7, 11) is 0. The number of halogens is 1. The minimum absolute atomic E-state index is 0.304. The Hall–Kier alpha value is -3.38. The van der Waals surface area contributed by atoms with Gasteiger partial charge in [-0.1, -0.05) is 43.7 Å². The SMILES string of the molecule is CCCCCc1ccc(C#Cc2ccc(C(=O)Oc3ccc(F)cc3)cc2)cc1. The lowest BCUT2D eigenvalue weighted by molar-refractivity contribution is 0.0734. The molecule has 0 aromatic heterocycles. The summed E-state index contributed by atoms with van der Waals surface area (Å²) in [5, 5.41) is 0. The van der Waals surface area contributed by atoms with Gasteiger partial charge in [-0.25, -0.2) is 9.18 Å². The summed E-state index contributed by atoms with van der Waals surface area (Å²) >= 11 is 0. The molecule has 0 radical (unpaired) electrons. The van der Waals surface area contributed by atoms with Crippen molar-refractivity contribution < 1.29 is 13.9 Å². The third-order valence-corrected chi connectivity index (χ3v) is 4.52. The highest BCUT2D eigenvalue weighted by Gasteiger charge is 2.08. The van der Waals surface area contributed by atoms with E-state index in [4.69, 9.17) is 4.74 Å². The Bertz CT molecular complexity index is 992. The van der Waals surface area contributed by atoms with Crippen molar-refractivity contribution >= 4 is 5.97 Å². The number of aryl methyl sites for hydroxylation is 1. The summed E-state index contributed by atoms with van der Waals surface area (Å²) in [6, 6.07) is 20.6. The van der Waals surface area contributed by atoms with E-state index in [-0.39, 0.29) is 5.82 Å². The minimum atomic E-state index is -0.491. The van der Waals surface area contributed by atoms with Crippen LogP contribution < -0.4 is 4.74 Å². The monoisotopic (exact) mass is 386 g/mol. The maximum absolute atomic E-state index is 12.9. The van der Waals surface area contributed by atoms with Crippen LogP contribution in [0.15, 0.2) is 72.8 Å². The molecule has 0 atom stereocenters. The van der Waals surface area contributed by atoms with Crippen LogP contribution in [0.5, 0.6) is 5.75 Å². The van der Waals surface area contributed by atoms with Crippen LogP contribution >= 0.6 is 0 Å². The Morgan fingerprint density at radius 3 is 2.00 bits per heavy atom. The highest BCUT2D eigenvalue weighted by Crippen LogP contribution is 2.14. The van der Waals surface area contributed by atoms with Gasteiger partial charge in [0, 0.05) is 11.1 Å². The van der Waals surface area contributed by atoms with Gasteiger partial charge in [-0.3, -0.25) is 0 Å². The molecule has 0 N–H and O–H groups in total. The summed E-state index contributed by atoms with van der Waals surface area (Å²) in [5.74, 6) is 5.70. The summed E-state index contributed by atoms with van der Waals surface area (Å²) < 4.78 is 18.1. The third kappa shape index (κ3) is 6.33. The number of benzene rings is 3. The molecule has 0 aliphatic heterocycles. The largest absolute Gasteiger partial charge is 0.423 e. The van der Waals surface area contributed by atoms with Gasteiger partial charge in [0.1, 0.15) is 11.6 Å². The van der Waals surface area contributed by atoms with Gasteiger partial charge in [-0.15, -0.1) is 0 Å². The number of carbonyl (C=O) groups excluding carboxylic acids is 1. The van der Waals surface area contributed by atoms with Gasteiger partial charge in [-0.05, 0) is 79.1 Å². The Labute approximate surface area is 171 Å². The maximum Gasteiger partial charge on any atom is 0.343 e. The molecule has 2 nitrogen and oxygen atoms in total. The zero-order valence-corrected chi connectivity index (χ0v) is 16.5. The van der Waals surface area contributed by atoms with Gasteiger partial charge in [0.05, 0.1) is 5.56 Å². The van der Waals surface area contributed by atoms with E-state index >= 15 is 0 Å². The Kier molecular flexibility index (Phi) is 7.19. The minimum Gasteiger partial charge on any atom is -0.423 e. The lowest BCUT2D eigenvalue weighted by Gasteiger charge is -2.04. The van der Waals surface area contributed by atoms with Crippen LogP contribution in [-0.2, 0) is 6.42 Å². The molecule has 0 saturated heterocycles. The van der Waals surface area contributed by atoms with Crippen LogP contribution in [0.2, 0.25) is 0 Å². The molecule has 0 saturated carbocycles. The molecule has 3 aromatic rings. The van der Waals surface area contributed by atoms with Crippen LogP contribution in [0, 0.1) is 17.7 Å². The molecule has 3 aromatic carbocycles. The molecule has 3 rings (SSSR count). The Morgan fingerprint density at radius 1 is 0.828 bits per heavy atom. The van der Waals surface area contributed by atoms with Crippen molar-refractivity contribution in [3.63, 3.8) is 0 Å². The lowest BCUT2D eigenvalue weighted by Crippen LogP contribution is -2.08. The van der Waals surface area contributed by atoms with Gasteiger partial charge in [0.15, 0.2) is 0 Å². The van der Waals surface area contributed by atoms with Crippen molar-refractivity contribution in [2.75, 3.05) is 0 Å². The molecule has 29 heavy (non-hydrogen) atoms. The van der Waals surface area contributed by atoms with E-state index in [9.17, 15) is 9.18 Å². The number of esters is 1. The van der Waals surface area contributed by atoms with E-state index in [2.05, 4.69) is 30.9 Å². The van der Waals surface area contributed by atoms with E-state index in [1.54, 1.807) is 24.3 Å². The van der Waals surface area contributed by atoms with Crippen LogP contribution in [0.4, 0.5) is 4.39 Å². The van der Waals surface area contributed by atoms with E-state index in [0.717, 1.165) is 17.5 Å². The fourth-order valence-electron chi connectivity index (χ4n) is 2.84. The first-order valence-electron chi connectivity index (χ1n) is 9.83. The second kappa shape index (κ2) is 10.2. The Morgan fingerprint density at radius 2 is 1.41 bits per heavy atom. The smallest absolute Gasteiger partial charge is 0.343 e. The number of rotatable bonds is 6. The molecule has 146 valence electrons. The third-order valence-electron chi connectivity index (χ3n) is 4.52. The number of ether oxygens (including phenoxy) is 1. The van der Waals surface area contributed by atoms with Crippen molar-refractivity contribution in [2.45, 2.75) is 32.6 Å². The molecule has 0 spiro atoms. The van der Waals surface area contributed by atoms with Crippen molar-refractivity contribution in [3.8, 4) is 17.6 Å². The molecule has 0 aliphatic carbocycles. The average Bonchev–Trinajstić information content (AvgIpc) is 2.75. The second-order valence-electron chi connectivity index (χ2n) is 6.82. The number of hydrogen-bond acceptors (Lipinski definition) is 2. The van der Waals surface area contributed by atoms with Gasteiger partial charge < -0.3 is 4.74 Å². The normalized spacial score (nSPS) is 10.1. The van der Waals surface area contributed by atoms with Crippen molar-refractivity contribution in [2.24, 2.45) is 0 Å². The summed E-state index contributed by atoms with van der Waals surface area (Å²) in [6.45, 7) is 2.21. The number of unbranched alkanes of at least 4 members (excludes halogenated alkanes) is 2. The predicted molar refractivity (Wildman–Crippen MR) is 113 cm³/mol. The van der Waals surface area contributed by atoms with Crippen LogP contribution in [0.25, 0.3) is 0 Å². The molecular weight excluding hydrogens is 363 g/mol. The molecule has 0 aliphatic rings. The van der Waals surface area contributed by atoms with Gasteiger partial charge in [0.2, 0.25) is 0 Å². The van der Waals surface area contributed by atoms with Crippen LogP contribution in [0.1, 0.15) is 53.2 Å². The Balaban J connectivity index is 1.59. The van der Waals surface area contributed by atoms with Gasteiger partial charge in [0.25, 0.3) is 0 Å². The topological polar surface area (TPSA) is 26.3 Å². The van der Waals surface area contributed by atoms with Crippen LogP contribution in [0.3, 0.4) is 0 Å². The molecule has 0 unspecified atom stereocenters. The highest BCUT2D eigenvalue weighted by molar-refractivity contribution is 5.91. The maximum atomic E-state index is 12.9. The standard InChI is InChI=1S/C26H23FO2/c1-2-3-4-5-20-6-8-21(9-7-20)10-11-22-12-14-23(15-13-22)26(28)29-25-18-16-24(27)17-19-25/h6-9,12-19H,2-5H2,1H3. The lowest BCUT2D eigenvalue weighted by atomic mass is 10.1. The number of carbonyl (C=O) groups is 1. The average molecular weight is 386 g/mol. The first kappa shape index (κ1) is 20.4. The summed E-state index contributed by atoms with van der Waals surface area (Å²) in [5.41, 5.74) is 3.53. The zero-order chi connectivity index (χ0) is 20.5. The molecule has 0 amide bonds. The quantitative estimate of drug-likeness (QED) is 0.219. The second-order valence-corrected chi connectivity index (χ2v) is 6.82. The van der Waals surface area contributed by atoms with E-state index in [1.165, 1.54) is 49.1 Å². The van der Waals surface area contributed by atoms with Gasteiger partial charge in [-0.2, -0.15) is 0 Å². The van der Waals surface area contributed by atoms with E-state index < -0.39 is 5.97 Å². The first-order valence-corrected chi connectivity index (χ1v) is 9.83. The molecular formula is C26H23FO2. The zero-order valence-electron chi connectivity index (χ0n) is 16.5. The fraction of sp³-hybridized carbons (Fsp3) is 0.192. The van der Waals surface area contributed by atoms with Gasteiger partial charge >= 0.3 is 5.97 Å². The highest BCUT2D eigenvalue weighted by atomic mass is 19.1. The first-order chi connectivity index (χ1) is 14.1. The summed E-state index contributed by atoms with van der Waals surface area (Å²) in [6.07, 6.45) is 4.82. The van der Waals surface area contributed by atoms with Crippen molar-refractivity contribution in [1.29, 1.82) is 0 Å². The molecule has 0 fully saturated rings.